The van der Waals surface area contributed by atoms with Gasteiger partial charge in [-0.3, -0.25) is 9.79 Å². The summed E-state index contributed by atoms with van der Waals surface area (Å²) >= 11 is 0. The number of benzene rings is 1. The van der Waals surface area contributed by atoms with Crippen LogP contribution in [0, 0.1) is 24.7 Å². The number of aliphatic imine (C=N–C) groups is 1. The second kappa shape index (κ2) is 8.85. The molecule has 0 radical (unpaired) electrons. The number of amides is 1. The van der Waals surface area contributed by atoms with Gasteiger partial charge >= 0.3 is 0 Å². The molecule has 1 saturated carbocycles. The smallest absolute Gasteiger partial charge is 0.219 e. The third-order valence-electron chi connectivity index (χ3n) is 5.20. The largest absolute Gasteiger partial charge is 0.338 e. The van der Waals surface area contributed by atoms with E-state index in [4.69, 9.17) is 5.84 Å². The highest BCUT2D eigenvalue weighted by atomic mass is 16.2. The van der Waals surface area contributed by atoms with E-state index < -0.39 is 0 Å². The van der Waals surface area contributed by atoms with Crippen LogP contribution in [0.5, 0.6) is 0 Å². The lowest BCUT2D eigenvalue weighted by Crippen LogP contribution is -2.44. The number of hydrogen-bond acceptors (Lipinski definition) is 4. The highest BCUT2D eigenvalue weighted by Gasteiger charge is 2.23. The van der Waals surface area contributed by atoms with Crippen LogP contribution in [0.1, 0.15) is 55.7 Å². The van der Waals surface area contributed by atoms with Crippen LogP contribution >= 0.6 is 0 Å². The number of piperidine rings is 1. The van der Waals surface area contributed by atoms with E-state index in [1.807, 2.05) is 24.0 Å². The van der Waals surface area contributed by atoms with Crippen molar-refractivity contribution < 1.29 is 4.79 Å². The molecule has 1 heterocycles. The summed E-state index contributed by atoms with van der Waals surface area (Å²) in [6.45, 7) is 5.08. The van der Waals surface area contributed by atoms with Crippen molar-refractivity contribution in [1.29, 1.82) is 0 Å². The van der Waals surface area contributed by atoms with Gasteiger partial charge in [0.2, 0.25) is 5.91 Å². The Balaban J connectivity index is 1.67. The molecule has 0 bridgehead atoms. The summed E-state index contributed by atoms with van der Waals surface area (Å²) < 4.78 is 0. The summed E-state index contributed by atoms with van der Waals surface area (Å²) in [6.07, 6.45) is 7.40. The molecule has 1 aliphatic heterocycles. The van der Waals surface area contributed by atoms with Gasteiger partial charge in [-0.25, -0.2) is 0 Å². The van der Waals surface area contributed by atoms with Crippen molar-refractivity contribution >= 4 is 17.8 Å². The molecule has 142 valence electrons. The Kier molecular flexibility index (Phi) is 6.28. The Morgan fingerprint density at radius 2 is 2.15 bits per heavy atom. The molecule has 1 aromatic carbocycles. The molecule has 1 atom stereocenters. The number of carbonyl (C=O) groups is 1. The third-order valence-corrected chi connectivity index (χ3v) is 5.20. The molecule has 5 heteroatoms. The normalized spacial score (nSPS) is 20.4. The molecule has 5 nitrogen and oxygen atoms in total. The van der Waals surface area contributed by atoms with Gasteiger partial charge in [0, 0.05) is 36.7 Å². The maximum absolute atomic E-state index is 11.8. The van der Waals surface area contributed by atoms with Gasteiger partial charge in [0.15, 0.2) is 0 Å². The van der Waals surface area contributed by atoms with Gasteiger partial charge < -0.3 is 10.7 Å². The summed E-state index contributed by atoms with van der Waals surface area (Å²) in [5, 5.41) is 3.92. The SMILES string of the molecule is CC(=O)N1CCCCC1CN=C/C(=N\N)c1ccc(C#CC2CC2)cc1C. The first kappa shape index (κ1) is 19.2. The lowest BCUT2D eigenvalue weighted by atomic mass is 10.0. The molecule has 0 spiro atoms. The summed E-state index contributed by atoms with van der Waals surface area (Å²) in [7, 11) is 0. The molecule has 1 amide bonds. The summed E-state index contributed by atoms with van der Waals surface area (Å²) in [4.78, 5) is 18.3. The van der Waals surface area contributed by atoms with Crippen molar-refractivity contribution in [3.8, 4) is 11.8 Å². The zero-order valence-corrected chi connectivity index (χ0v) is 16.2. The molecule has 1 unspecified atom stereocenters. The average molecular weight is 364 g/mol. The number of carbonyl (C=O) groups excluding carboxylic acids is 1. The zero-order chi connectivity index (χ0) is 19.2. The summed E-state index contributed by atoms with van der Waals surface area (Å²) in [5.74, 6) is 12.9. The molecule has 27 heavy (non-hydrogen) atoms. The molecule has 1 saturated heterocycles. The Morgan fingerprint density at radius 3 is 2.81 bits per heavy atom. The van der Waals surface area contributed by atoms with Crippen molar-refractivity contribution in [2.24, 2.45) is 21.9 Å². The number of rotatable bonds is 4. The fourth-order valence-electron chi connectivity index (χ4n) is 3.48. The van der Waals surface area contributed by atoms with Crippen LogP contribution in [0.2, 0.25) is 0 Å². The summed E-state index contributed by atoms with van der Waals surface area (Å²) in [5.41, 5.74) is 3.72. The number of nitrogens with two attached hydrogens (primary N) is 1. The molecule has 2 aliphatic rings. The van der Waals surface area contributed by atoms with Gasteiger partial charge in [-0.05, 0) is 56.7 Å². The molecule has 3 rings (SSSR count). The van der Waals surface area contributed by atoms with Crippen molar-refractivity contribution in [2.75, 3.05) is 13.1 Å². The first-order chi connectivity index (χ1) is 13.1. The van der Waals surface area contributed by atoms with Crippen molar-refractivity contribution in [3.63, 3.8) is 0 Å². The standard InChI is InChI=1S/C22H28N4O/c1-16-13-19(9-8-18-6-7-18)10-11-21(16)22(25-23)15-24-14-20-5-3-4-12-26(20)17(2)27/h10-11,13,15,18,20H,3-7,12,14,23H2,1-2H3/b24-15?,25-22+. The van der Waals surface area contributed by atoms with E-state index in [1.165, 1.54) is 12.8 Å². The zero-order valence-electron chi connectivity index (χ0n) is 16.2. The highest BCUT2D eigenvalue weighted by molar-refractivity contribution is 6.38. The fourth-order valence-corrected chi connectivity index (χ4v) is 3.48. The van der Waals surface area contributed by atoms with Crippen LogP contribution in [0.4, 0.5) is 0 Å². The third kappa shape index (κ3) is 5.19. The van der Waals surface area contributed by atoms with Crippen LogP contribution in [0.15, 0.2) is 28.3 Å². The Bertz CT molecular complexity index is 811. The van der Waals surface area contributed by atoms with Gasteiger partial charge in [0.25, 0.3) is 0 Å². The maximum atomic E-state index is 11.8. The van der Waals surface area contributed by atoms with E-state index in [2.05, 4.69) is 28.0 Å². The predicted octanol–water partition coefficient (Wildman–Crippen LogP) is 2.89. The monoisotopic (exact) mass is 364 g/mol. The van der Waals surface area contributed by atoms with Crippen LogP contribution in [0.3, 0.4) is 0 Å². The topological polar surface area (TPSA) is 71.0 Å². The van der Waals surface area contributed by atoms with Gasteiger partial charge in [-0.2, -0.15) is 5.10 Å². The molecule has 2 fully saturated rings. The minimum atomic E-state index is 0.126. The van der Waals surface area contributed by atoms with Gasteiger partial charge in [0.05, 0.1) is 12.6 Å². The van der Waals surface area contributed by atoms with E-state index in [1.54, 1.807) is 13.1 Å². The van der Waals surface area contributed by atoms with Gasteiger partial charge in [0.1, 0.15) is 5.71 Å². The van der Waals surface area contributed by atoms with Crippen LogP contribution in [-0.2, 0) is 4.79 Å². The summed E-state index contributed by atoms with van der Waals surface area (Å²) in [6, 6.07) is 6.26. The number of likely N-dealkylation sites (tertiary alicyclic amines) is 1. The Hall–Kier alpha value is -2.61. The maximum Gasteiger partial charge on any atom is 0.219 e. The highest BCUT2D eigenvalue weighted by Crippen LogP contribution is 2.27. The first-order valence-electron chi connectivity index (χ1n) is 9.76. The lowest BCUT2D eigenvalue weighted by Gasteiger charge is -2.34. The van der Waals surface area contributed by atoms with Crippen molar-refractivity contribution in [1.82, 2.24) is 4.90 Å². The molecule has 1 aromatic rings. The number of hydrazone groups is 1. The van der Waals surface area contributed by atoms with Crippen LogP contribution in [0.25, 0.3) is 0 Å². The first-order valence-corrected chi connectivity index (χ1v) is 9.76. The average Bonchev–Trinajstić information content (AvgIpc) is 3.49. The van der Waals surface area contributed by atoms with E-state index in [0.717, 1.165) is 42.5 Å². The second-order valence-corrected chi connectivity index (χ2v) is 7.44. The van der Waals surface area contributed by atoms with Crippen molar-refractivity contribution in [2.45, 2.75) is 52.0 Å². The number of hydrogen-bond donors (Lipinski definition) is 1. The second-order valence-electron chi connectivity index (χ2n) is 7.44. The Labute approximate surface area is 161 Å². The van der Waals surface area contributed by atoms with Gasteiger partial charge in [-0.15, -0.1) is 0 Å². The van der Waals surface area contributed by atoms with E-state index >= 15 is 0 Å². The molecular formula is C22H28N4O. The molecule has 0 aromatic heterocycles. The fraction of sp³-hybridized carbons (Fsp3) is 0.500. The van der Waals surface area contributed by atoms with E-state index in [-0.39, 0.29) is 11.9 Å². The van der Waals surface area contributed by atoms with Crippen molar-refractivity contribution in [3.05, 3.63) is 34.9 Å². The Morgan fingerprint density at radius 1 is 1.33 bits per heavy atom. The molecule has 1 aliphatic carbocycles. The minimum absolute atomic E-state index is 0.126. The predicted molar refractivity (Wildman–Crippen MR) is 110 cm³/mol. The van der Waals surface area contributed by atoms with Crippen LogP contribution < -0.4 is 5.84 Å². The van der Waals surface area contributed by atoms with E-state index in [9.17, 15) is 4.79 Å². The lowest BCUT2D eigenvalue weighted by molar-refractivity contribution is -0.132. The van der Waals surface area contributed by atoms with Gasteiger partial charge in [-0.1, -0.05) is 17.9 Å². The number of aryl methyl sites for hydroxylation is 1. The number of nitrogens with zero attached hydrogens (tertiary/aromatic N) is 3. The van der Waals surface area contributed by atoms with Crippen LogP contribution in [-0.4, -0.2) is 41.9 Å². The molecular weight excluding hydrogens is 336 g/mol. The van der Waals surface area contributed by atoms with E-state index in [0.29, 0.717) is 18.2 Å². The minimum Gasteiger partial charge on any atom is -0.338 e. The quantitative estimate of drug-likeness (QED) is 0.386. The molecule has 2 N–H and O–H groups in total.